The summed E-state index contributed by atoms with van der Waals surface area (Å²) in [4.78, 5) is 4.95. The number of allylic oxidation sites excluding steroid dienone is 4. The molecule has 0 amide bonds. The first-order valence-corrected chi connectivity index (χ1v) is 17.8. The summed E-state index contributed by atoms with van der Waals surface area (Å²) in [5.41, 5.74) is 13.2. The Morgan fingerprint density at radius 2 is 1.06 bits per heavy atom. The molecule has 0 fully saturated rings. The van der Waals surface area contributed by atoms with Crippen LogP contribution in [0.25, 0.3) is 88.1 Å². The van der Waals surface area contributed by atoms with Crippen LogP contribution in [0.3, 0.4) is 0 Å². The zero-order valence-corrected chi connectivity index (χ0v) is 28.1. The van der Waals surface area contributed by atoms with E-state index in [4.69, 9.17) is 4.98 Å². The molecule has 0 saturated heterocycles. The van der Waals surface area contributed by atoms with Gasteiger partial charge in [-0.25, -0.2) is 4.98 Å². The molecule has 51 heavy (non-hydrogen) atoms. The zero-order valence-electron chi connectivity index (χ0n) is 28.1. The van der Waals surface area contributed by atoms with E-state index in [0.29, 0.717) is 0 Å². The summed E-state index contributed by atoms with van der Waals surface area (Å²) in [6, 6.07) is 57.6. The summed E-state index contributed by atoms with van der Waals surface area (Å²) in [5.74, 6) is 0. The Labute approximate surface area is 297 Å². The molecular formula is C49H34N2. The summed E-state index contributed by atoms with van der Waals surface area (Å²) in [5, 5.41) is 7.36. The van der Waals surface area contributed by atoms with Crippen molar-refractivity contribution >= 4 is 49.1 Å². The fourth-order valence-corrected chi connectivity index (χ4v) is 8.15. The van der Waals surface area contributed by atoms with Gasteiger partial charge in [0.25, 0.3) is 0 Å². The normalized spacial score (nSPS) is 13.0. The van der Waals surface area contributed by atoms with Gasteiger partial charge >= 0.3 is 0 Å². The minimum Gasteiger partial charge on any atom is -0.294 e. The van der Waals surface area contributed by atoms with Crippen LogP contribution in [-0.4, -0.2) is 9.55 Å². The lowest BCUT2D eigenvalue weighted by Crippen LogP contribution is -1.97. The Hall–Kier alpha value is -6.51. The fraction of sp³-hybridized carbons (Fsp3) is 0.0408. The molecule has 1 aliphatic rings. The second kappa shape index (κ2) is 12.1. The van der Waals surface area contributed by atoms with Crippen LogP contribution in [0.15, 0.2) is 182 Å². The third-order valence-electron chi connectivity index (χ3n) is 10.4. The van der Waals surface area contributed by atoms with Crippen molar-refractivity contribution in [2.24, 2.45) is 0 Å². The van der Waals surface area contributed by atoms with Gasteiger partial charge in [-0.15, -0.1) is 0 Å². The highest BCUT2D eigenvalue weighted by Gasteiger charge is 2.19. The SMILES string of the molecule is C1=CC(c2cccc(-n3c4ccc(-c5c6ccccc6c(-c6cccc(-c7ccccc7)c6)c6ccccc56)cc4c4cccnc43)c2)=CCC1. The van der Waals surface area contributed by atoms with E-state index in [0.717, 1.165) is 35.1 Å². The number of pyridine rings is 1. The highest BCUT2D eigenvalue weighted by atomic mass is 15.0. The van der Waals surface area contributed by atoms with Crippen LogP contribution >= 0.6 is 0 Å². The van der Waals surface area contributed by atoms with E-state index in [2.05, 4.69) is 181 Å². The number of hydrogen-bond acceptors (Lipinski definition) is 1. The molecular weight excluding hydrogens is 617 g/mol. The molecule has 10 rings (SSSR count). The Balaban J connectivity index is 1.20. The third-order valence-corrected chi connectivity index (χ3v) is 10.4. The van der Waals surface area contributed by atoms with Crippen molar-refractivity contribution in [3.05, 3.63) is 188 Å². The maximum absolute atomic E-state index is 4.95. The van der Waals surface area contributed by atoms with Gasteiger partial charge in [0, 0.05) is 22.7 Å². The van der Waals surface area contributed by atoms with E-state index in [-0.39, 0.29) is 0 Å². The molecule has 240 valence electrons. The topological polar surface area (TPSA) is 17.8 Å². The quantitative estimate of drug-likeness (QED) is 0.170. The summed E-state index contributed by atoms with van der Waals surface area (Å²) in [6.07, 6.45) is 11.0. The summed E-state index contributed by atoms with van der Waals surface area (Å²) in [6.45, 7) is 0. The van der Waals surface area contributed by atoms with Gasteiger partial charge in [-0.2, -0.15) is 0 Å². The van der Waals surface area contributed by atoms with Crippen LogP contribution < -0.4 is 0 Å². The molecule has 0 atom stereocenters. The van der Waals surface area contributed by atoms with E-state index in [9.17, 15) is 0 Å². The van der Waals surface area contributed by atoms with Crippen LogP contribution in [-0.2, 0) is 0 Å². The molecule has 0 N–H and O–H groups in total. The lowest BCUT2D eigenvalue weighted by atomic mass is 9.85. The lowest BCUT2D eigenvalue weighted by molar-refractivity contribution is 1.04. The van der Waals surface area contributed by atoms with Crippen LogP contribution in [0.4, 0.5) is 0 Å². The predicted octanol–water partition coefficient (Wildman–Crippen LogP) is 13.2. The zero-order chi connectivity index (χ0) is 33.7. The number of aromatic nitrogens is 2. The van der Waals surface area contributed by atoms with Crippen molar-refractivity contribution in [1.82, 2.24) is 9.55 Å². The monoisotopic (exact) mass is 650 g/mol. The van der Waals surface area contributed by atoms with Crippen molar-refractivity contribution in [3.8, 4) is 39.1 Å². The number of rotatable bonds is 5. The molecule has 2 nitrogen and oxygen atoms in total. The Morgan fingerprint density at radius 3 is 1.78 bits per heavy atom. The number of benzene rings is 7. The molecule has 0 bridgehead atoms. The van der Waals surface area contributed by atoms with Gasteiger partial charge in [-0.1, -0.05) is 133 Å². The average molecular weight is 651 g/mol. The standard InChI is InChI=1S/C49H34N2/c1-3-14-33(15-4-1)35-18-11-20-37(30-35)47-40-22-7-9-24-42(40)48(43-25-10-8-23-41(43)47)38-27-28-46-45(32-38)44-26-13-29-50-49(44)51(46)39-21-12-19-36(31-39)34-16-5-2-6-17-34/h1,3-5,7-32H,2,6H2. The van der Waals surface area contributed by atoms with Crippen molar-refractivity contribution < 1.29 is 0 Å². The largest absolute Gasteiger partial charge is 0.294 e. The van der Waals surface area contributed by atoms with Gasteiger partial charge in [0.2, 0.25) is 0 Å². The molecule has 2 aromatic heterocycles. The van der Waals surface area contributed by atoms with E-state index >= 15 is 0 Å². The van der Waals surface area contributed by atoms with Crippen LogP contribution in [0.2, 0.25) is 0 Å². The summed E-state index contributed by atoms with van der Waals surface area (Å²) < 4.78 is 2.32. The summed E-state index contributed by atoms with van der Waals surface area (Å²) >= 11 is 0. The fourth-order valence-electron chi connectivity index (χ4n) is 8.15. The second-order valence-electron chi connectivity index (χ2n) is 13.4. The number of fused-ring (bicyclic) bond motifs is 5. The molecule has 7 aromatic carbocycles. The smallest absolute Gasteiger partial charge is 0.145 e. The number of nitrogens with zero attached hydrogens (tertiary/aromatic N) is 2. The third kappa shape index (κ3) is 4.91. The van der Waals surface area contributed by atoms with Gasteiger partial charge in [-0.05, 0) is 121 Å². The van der Waals surface area contributed by atoms with E-state index in [1.165, 1.54) is 71.4 Å². The molecule has 2 heteroatoms. The van der Waals surface area contributed by atoms with Crippen LogP contribution in [0.1, 0.15) is 18.4 Å². The van der Waals surface area contributed by atoms with Gasteiger partial charge in [0.15, 0.2) is 0 Å². The van der Waals surface area contributed by atoms with Crippen molar-refractivity contribution in [1.29, 1.82) is 0 Å². The second-order valence-corrected chi connectivity index (χ2v) is 13.4. The first-order valence-electron chi connectivity index (χ1n) is 17.8. The molecule has 2 heterocycles. The Morgan fingerprint density at radius 1 is 0.431 bits per heavy atom. The maximum atomic E-state index is 4.95. The first-order chi connectivity index (χ1) is 25.3. The maximum Gasteiger partial charge on any atom is 0.145 e. The van der Waals surface area contributed by atoms with Crippen molar-refractivity contribution in [2.75, 3.05) is 0 Å². The molecule has 0 saturated carbocycles. The van der Waals surface area contributed by atoms with E-state index in [1.54, 1.807) is 0 Å². The van der Waals surface area contributed by atoms with E-state index in [1.807, 2.05) is 6.20 Å². The molecule has 0 unspecified atom stereocenters. The van der Waals surface area contributed by atoms with Gasteiger partial charge in [0.05, 0.1) is 5.52 Å². The molecule has 1 aliphatic carbocycles. The van der Waals surface area contributed by atoms with Crippen LogP contribution in [0.5, 0.6) is 0 Å². The molecule has 0 spiro atoms. The van der Waals surface area contributed by atoms with Crippen molar-refractivity contribution in [3.63, 3.8) is 0 Å². The van der Waals surface area contributed by atoms with Gasteiger partial charge in [0.1, 0.15) is 5.65 Å². The summed E-state index contributed by atoms with van der Waals surface area (Å²) in [7, 11) is 0. The highest BCUT2D eigenvalue weighted by molar-refractivity contribution is 6.22. The van der Waals surface area contributed by atoms with E-state index < -0.39 is 0 Å². The van der Waals surface area contributed by atoms with Gasteiger partial charge < -0.3 is 0 Å². The van der Waals surface area contributed by atoms with Crippen molar-refractivity contribution in [2.45, 2.75) is 12.8 Å². The lowest BCUT2D eigenvalue weighted by Gasteiger charge is -2.18. The first kappa shape index (κ1) is 29.4. The van der Waals surface area contributed by atoms with Crippen LogP contribution in [0, 0.1) is 0 Å². The molecule has 9 aromatic rings. The predicted molar refractivity (Wildman–Crippen MR) is 216 cm³/mol. The minimum atomic E-state index is 0.971. The molecule has 0 radical (unpaired) electrons. The molecule has 0 aliphatic heterocycles. The van der Waals surface area contributed by atoms with Gasteiger partial charge in [-0.3, -0.25) is 4.57 Å². The highest BCUT2D eigenvalue weighted by Crippen LogP contribution is 2.45. The number of hydrogen-bond donors (Lipinski definition) is 0. The Kier molecular flexibility index (Phi) is 6.99. The average Bonchev–Trinajstić information content (AvgIpc) is 3.54. The Bertz CT molecular complexity index is 2790. The minimum absolute atomic E-state index is 0.971.